The number of aliphatic hydroxyl groups excluding tert-OH is 1. The number of aliphatic hydroxyl groups is 1. The van der Waals surface area contributed by atoms with Gasteiger partial charge in [-0.3, -0.25) is 14.6 Å². The first kappa shape index (κ1) is 23.0. The SMILES string of the molecule is COc1ccc(/C(O)=C2\C(=O)C(=O)N(Cc3cccnc3)C2c2ccccc2)c(C)c1.Cl. The van der Waals surface area contributed by atoms with Gasteiger partial charge in [0.25, 0.3) is 11.7 Å². The molecule has 1 aliphatic rings. The minimum Gasteiger partial charge on any atom is -0.507 e. The minimum absolute atomic E-state index is 0. The van der Waals surface area contributed by atoms with Crippen molar-refractivity contribution in [3.05, 3.63) is 101 Å². The first-order valence-corrected chi connectivity index (χ1v) is 9.88. The van der Waals surface area contributed by atoms with Gasteiger partial charge in [-0.25, -0.2) is 0 Å². The Morgan fingerprint density at radius 3 is 2.47 bits per heavy atom. The van der Waals surface area contributed by atoms with Crippen molar-refractivity contribution < 1.29 is 19.4 Å². The molecular weight excluding hydrogens is 428 g/mol. The van der Waals surface area contributed by atoms with E-state index in [4.69, 9.17) is 4.74 Å². The lowest BCUT2D eigenvalue weighted by atomic mass is 9.94. The first-order chi connectivity index (χ1) is 15.0. The number of aromatic nitrogens is 1. The van der Waals surface area contributed by atoms with Crippen LogP contribution in [-0.4, -0.2) is 33.8 Å². The summed E-state index contributed by atoms with van der Waals surface area (Å²) in [6.45, 7) is 2.02. The molecule has 1 amide bonds. The standard InChI is InChI=1S/C25H22N2O4.ClH/c1-16-13-19(31-2)10-11-20(16)23(28)21-22(18-8-4-3-5-9-18)27(25(30)24(21)29)15-17-7-6-12-26-14-17;/h3-14,22,28H,15H2,1-2H3;1H/b23-21+;. The average molecular weight is 451 g/mol. The van der Waals surface area contributed by atoms with Gasteiger partial charge in [-0.2, -0.15) is 0 Å². The molecule has 4 rings (SSSR count). The maximum absolute atomic E-state index is 13.1. The molecule has 6 nitrogen and oxygen atoms in total. The van der Waals surface area contributed by atoms with E-state index in [9.17, 15) is 14.7 Å². The van der Waals surface area contributed by atoms with Crippen molar-refractivity contribution in [3.63, 3.8) is 0 Å². The molecule has 0 radical (unpaired) electrons. The molecule has 1 saturated heterocycles. The highest BCUT2D eigenvalue weighted by Gasteiger charge is 2.46. The van der Waals surface area contributed by atoms with E-state index in [0.29, 0.717) is 11.3 Å². The lowest BCUT2D eigenvalue weighted by Gasteiger charge is -2.25. The Bertz CT molecular complexity index is 1160. The number of rotatable bonds is 5. The molecule has 0 saturated carbocycles. The Kier molecular flexibility index (Phi) is 6.95. The van der Waals surface area contributed by atoms with Gasteiger partial charge in [0.05, 0.1) is 18.7 Å². The van der Waals surface area contributed by atoms with Crippen molar-refractivity contribution >= 4 is 29.9 Å². The number of hydrogen-bond acceptors (Lipinski definition) is 5. The van der Waals surface area contributed by atoms with Crippen molar-refractivity contribution in [3.8, 4) is 5.75 Å². The molecule has 1 unspecified atom stereocenters. The number of ketones is 1. The van der Waals surface area contributed by atoms with Gasteiger partial charge < -0.3 is 14.7 Å². The third-order valence-electron chi connectivity index (χ3n) is 5.42. The molecule has 1 aromatic heterocycles. The fourth-order valence-corrected chi connectivity index (χ4v) is 3.89. The average Bonchev–Trinajstić information content (AvgIpc) is 3.04. The Morgan fingerprint density at radius 1 is 1.09 bits per heavy atom. The molecule has 7 heteroatoms. The third-order valence-corrected chi connectivity index (χ3v) is 5.42. The van der Waals surface area contributed by atoms with Crippen LogP contribution in [-0.2, 0) is 16.1 Å². The molecule has 3 aromatic rings. The van der Waals surface area contributed by atoms with Crippen molar-refractivity contribution in [2.45, 2.75) is 19.5 Å². The quantitative estimate of drug-likeness (QED) is 0.353. The van der Waals surface area contributed by atoms with Gasteiger partial charge in [0.15, 0.2) is 0 Å². The number of hydrogen-bond donors (Lipinski definition) is 1. The fraction of sp³-hybridized carbons (Fsp3) is 0.160. The Balaban J connectivity index is 0.00000289. The first-order valence-electron chi connectivity index (χ1n) is 9.88. The third kappa shape index (κ3) is 4.22. The fourth-order valence-electron chi connectivity index (χ4n) is 3.89. The Labute approximate surface area is 192 Å². The topological polar surface area (TPSA) is 79.7 Å². The van der Waals surface area contributed by atoms with Gasteiger partial charge in [-0.1, -0.05) is 36.4 Å². The molecule has 1 N–H and O–H groups in total. The summed E-state index contributed by atoms with van der Waals surface area (Å²) < 4.78 is 5.23. The van der Waals surface area contributed by atoms with Crippen LogP contribution in [0.1, 0.15) is 28.3 Å². The second kappa shape index (κ2) is 9.66. The number of methoxy groups -OCH3 is 1. The number of carbonyl (C=O) groups is 2. The van der Waals surface area contributed by atoms with Gasteiger partial charge in [0.1, 0.15) is 11.5 Å². The smallest absolute Gasteiger partial charge is 0.295 e. The number of halogens is 1. The van der Waals surface area contributed by atoms with Crippen molar-refractivity contribution in [2.75, 3.05) is 7.11 Å². The van der Waals surface area contributed by atoms with Crippen LogP contribution >= 0.6 is 12.4 Å². The number of Topliss-reactive ketones (excluding diaryl/α,β-unsaturated/α-hetero) is 1. The summed E-state index contributed by atoms with van der Waals surface area (Å²) in [4.78, 5) is 31.7. The number of benzene rings is 2. The summed E-state index contributed by atoms with van der Waals surface area (Å²) in [6, 6.07) is 17.4. The number of pyridine rings is 1. The molecule has 1 aliphatic heterocycles. The lowest BCUT2D eigenvalue weighted by Crippen LogP contribution is -2.29. The van der Waals surface area contributed by atoms with Crippen molar-refractivity contribution in [2.24, 2.45) is 0 Å². The number of ether oxygens (including phenoxy) is 1. The largest absolute Gasteiger partial charge is 0.507 e. The highest BCUT2D eigenvalue weighted by atomic mass is 35.5. The molecule has 32 heavy (non-hydrogen) atoms. The molecule has 1 atom stereocenters. The summed E-state index contributed by atoms with van der Waals surface area (Å²) in [5, 5.41) is 11.2. The molecule has 0 bridgehead atoms. The molecule has 0 aliphatic carbocycles. The zero-order chi connectivity index (χ0) is 22.0. The second-order valence-electron chi connectivity index (χ2n) is 7.38. The number of carbonyl (C=O) groups excluding carboxylic acids is 2. The Morgan fingerprint density at radius 2 is 1.84 bits per heavy atom. The van der Waals surface area contributed by atoms with Gasteiger partial charge in [-0.15, -0.1) is 12.4 Å². The van der Waals surface area contributed by atoms with Crippen LogP contribution in [0.15, 0.2) is 78.6 Å². The predicted molar refractivity (Wildman–Crippen MR) is 124 cm³/mol. The van der Waals surface area contributed by atoms with Crippen LogP contribution in [0.4, 0.5) is 0 Å². The van der Waals surface area contributed by atoms with Crippen LogP contribution in [0.2, 0.25) is 0 Å². The van der Waals surface area contributed by atoms with E-state index >= 15 is 0 Å². The summed E-state index contributed by atoms with van der Waals surface area (Å²) in [6.07, 6.45) is 3.31. The van der Waals surface area contributed by atoms with E-state index in [1.54, 1.807) is 43.8 Å². The minimum atomic E-state index is -0.706. The molecule has 2 aromatic carbocycles. The lowest BCUT2D eigenvalue weighted by molar-refractivity contribution is -0.140. The molecule has 2 heterocycles. The summed E-state index contributed by atoms with van der Waals surface area (Å²) in [5.41, 5.74) is 2.85. The van der Waals surface area contributed by atoms with E-state index in [2.05, 4.69) is 4.98 Å². The van der Waals surface area contributed by atoms with Crippen LogP contribution in [0.5, 0.6) is 5.75 Å². The number of nitrogens with zero attached hydrogens (tertiary/aromatic N) is 2. The van der Waals surface area contributed by atoms with E-state index in [0.717, 1.165) is 16.7 Å². The predicted octanol–water partition coefficient (Wildman–Crippen LogP) is 4.44. The number of amides is 1. The number of likely N-dealkylation sites (tertiary alicyclic amines) is 1. The van der Waals surface area contributed by atoms with E-state index in [1.807, 2.05) is 43.3 Å². The molecular formula is C25H23ClN2O4. The second-order valence-corrected chi connectivity index (χ2v) is 7.38. The Hall–Kier alpha value is -3.64. The zero-order valence-corrected chi connectivity index (χ0v) is 18.5. The van der Waals surface area contributed by atoms with E-state index < -0.39 is 17.7 Å². The van der Waals surface area contributed by atoms with E-state index in [-0.39, 0.29) is 30.3 Å². The normalized spacial score (nSPS) is 17.2. The zero-order valence-electron chi connectivity index (χ0n) is 17.7. The highest BCUT2D eigenvalue weighted by molar-refractivity contribution is 6.46. The monoisotopic (exact) mass is 450 g/mol. The van der Waals surface area contributed by atoms with Gasteiger partial charge in [0, 0.05) is 24.5 Å². The van der Waals surface area contributed by atoms with Crippen LogP contribution in [0.25, 0.3) is 5.76 Å². The molecule has 164 valence electrons. The maximum Gasteiger partial charge on any atom is 0.295 e. The molecule has 0 spiro atoms. The van der Waals surface area contributed by atoms with Gasteiger partial charge in [0.2, 0.25) is 0 Å². The van der Waals surface area contributed by atoms with Gasteiger partial charge >= 0.3 is 0 Å². The number of aryl methyl sites for hydroxylation is 1. The summed E-state index contributed by atoms with van der Waals surface area (Å²) in [7, 11) is 1.56. The van der Waals surface area contributed by atoms with E-state index in [1.165, 1.54) is 4.90 Å². The summed E-state index contributed by atoms with van der Waals surface area (Å²) >= 11 is 0. The van der Waals surface area contributed by atoms with Crippen LogP contribution in [0, 0.1) is 6.92 Å². The van der Waals surface area contributed by atoms with Gasteiger partial charge in [-0.05, 0) is 47.9 Å². The van der Waals surface area contributed by atoms with Crippen molar-refractivity contribution in [1.29, 1.82) is 0 Å². The maximum atomic E-state index is 13.1. The van der Waals surface area contributed by atoms with Crippen LogP contribution < -0.4 is 4.74 Å². The molecule has 1 fully saturated rings. The van der Waals surface area contributed by atoms with Crippen LogP contribution in [0.3, 0.4) is 0 Å². The summed E-state index contributed by atoms with van der Waals surface area (Å²) in [5.74, 6) is -0.900. The highest BCUT2D eigenvalue weighted by Crippen LogP contribution is 2.40. The van der Waals surface area contributed by atoms with Crippen molar-refractivity contribution in [1.82, 2.24) is 9.88 Å².